The molecule has 40 heavy (non-hydrogen) atoms. The average molecular weight is 559 g/mol. The van der Waals surface area contributed by atoms with E-state index >= 15 is 4.39 Å². The number of amides is 2. The molecule has 4 atom stereocenters. The van der Waals surface area contributed by atoms with Gasteiger partial charge in [0.25, 0.3) is 5.91 Å². The summed E-state index contributed by atoms with van der Waals surface area (Å²) in [4.78, 5) is 38.6. The third-order valence-electron chi connectivity index (χ3n) is 10.3. The molecule has 0 spiro atoms. The number of aliphatic carboxylic acids is 1. The van der Waals surface area contributed by atoms with Crippen molar-refractivity contribution in [3.8, 4) is 5.75 Å². The first-order chi connectivity index (χ1) is 19.0. The Morgan fingerprint density at radius 2 is 1.75 bits per heavy atom. The molecule has 3 N–H and O–H groups in total. The summed E-state index contributed by atoms with van der Waals surface area (Å²) in [6, 6.07) is 2.45. The number of rotatable bonds is 10. The molecule has 220 valence electrons. The van der Waals surface area contributed by atoms with Crippen molar-refractivity contribution < 1.29 is 33.4 Å². The molecule has 4 fully saturated rings. The Hall–Kier alpha value is -2.68. The quantitative estimate of drug-likeness (QED) is 0.379. The molecule has 2 amide bonds. The number of carbonyl (C=O) groups is 3. The topological polar surface area (TPSA) is 114 Å². The van der Waals surface area contributed by atoms with E-state index in [1.54, 1.807) is 6.92 Å². The van der Waals surface area contributed by atoms with E-state index < -0.39 is 17.2 Å². The van der Waals surface area contributed by atoms with Crippen LogP contribution in [0.4, 0.5) is 4.39 Å². The first-order valence-corrected chi connectivity index (χ1v) is 14.8. The molecule has 9 heteroatoms. The zero-order chi connectivity index (χ0) is 28.7. The Bertz CT molecular complexity index is 1140. The van der Waals surface area contributed by atoms with Gasteiger partial charge in [-0.1, -0.05) is 13.3 Å². The van der Waals surface area contributed by atoms with Crippen LogP contribution in [0.5, 0.6) is 5.75 Å². The highest BCUT2D eigenvalue weighted by atomic mass is 19.1. The summed E-state index contributed by atoms with van der Waals surface area (Å²) in [6.07, 6.45) is 7.90. The van der Waals surface area contributed by atoms with Crippen LogP contribution in [-0.2, 0) is 20.9 Å². The molecule has 1 aromatic carbocycles. The summed E-state index contributed by atoms with van der Waals surface area (Å²) >= 11 is 0. The fourth-order valence-corrected chi connectivity index (χ4v) is 7.39. The van der Waals surface area contributed by atoms with Gasteiger partial charge in [0.1, 0.15) is 0 Å². The smallest absolute Gasteiger partial charge is 0.309 e. The third-order valence-corrected chi connectivity index (χ3v) is 10.3. The van der Waals surface area contributed by atoms with Crippen LogP contribution in [0, 0.1) is 34.4 Å². The summed E-state index contributed by atoms with van der Waals surface area (Å²) in [5.74, 6) is -1.53. The zero-order valence-corrected chi connectivity index (χ0v) is 23.9. The van der Waals surface area contributed by atoms with Gasteiger partial charge in [-0.15, -0.1) is 0 Å². The predicted molar refractivity (Wildman–Crippen MR) is 146 cm³/mol. The van der Waals surface area contributed by atoms with Gasteiger partial charge >= 0.3 is 5.97 Å². The van der Waals surface area contributed by atoms with Crippen molar-refractivity contribution in [2.24, 2.45) is 28.6 Å². The minimum absolute atomic E-state index is 0.0232. The van der Waals surface area contributed by atoms with Crippen LogP contribution in [0.1, 0.15) is 94.0 Å². The second kappa shape index (κ2) is 11.3. The van der Waals surface area contributed by atoms with Crippen molar-refractivity contribution >= 4 is 17.8 Å². The number of fused-ring (bicyclic) bond motifs is 2. The standard InChI is InChI=1S/C31H43FN2O6/c1-30(9-4-10-30)17-33-28(36)25-18-5-6-19(13-18)26(25)34-27(35)22-15-24(23(32)14-20(22)16-39-3)40-21-7-11-31(2,12-8-21)29(37)38/h14-15,18-19,21,25-26H,4-13,16-17H2,1-3H3,(H,33,36)(H,34,35)(H,37,38). The van der Waals surface area contributed by atoms with Gasteiger partial charge in [-0.05, 0) is 99.7 Å². The summed E-state index contributed by atoms with van der Waals surface area (Å²) in [5.41, 5.74) is 0.0588. The van der Waals surface area contributed by atoms with E-state index in [2.05, 4.69) is 17.6 Å². The van der Waals surface area contributed by atoms with Gasteiger partial charge in [-0.25, -0.2) is 4.39 Å². The maximum atomic E-state index is 15.1. The molecule has 4 saturated carbocycles. The van der Waals surface area contributed by atoms with Gasteiger partial charge < -0.3 is 25.2 Å². The number of nitrogens with one attached hydrogen (secondary N) is 2. The van der Waals surface area contributed by atoms with Gasteiger partial charge in [0, 0.05) is 25.3 Å². The number of carboxylic acids is 1. The minimum Gasteiger partial charge on any atom is -0.487 e. The van der Waals surface area contributed by atoms with Gasteiger partial charge in [-0.3, -0.25) is 14.4 Å². The number of carboxylic acid groups (broad SMARTS) is 1. The second-order valence-corrected chi connectivity index (χ2v) is 13.3. The molecule has 0 aromatic heterocycles. The van der Waals surface area contributed by atoms with E-state index in [4.69, 9.17) is 9.47 Å². The summed E-state index contributed by atoms with van der Waals surface area (Å²) in [5, 5.41) is 15.8. The van der Waals surface area contributed by atoms with Crippen LogP contribution in [-0.4, -0.2) is 48.7 Å². The van der Waals surface area contributed by atoms with E-state index in [1.165, 1.54) is 25.7 Å². The number of ether oxygens (including phenoxy) is 2. The van der Waals surface area contributed by atoms with Crippen molar-refractivity contribution in [1.82, 2.24) is 10.6 Å². The first-order valence-electron chi connectivity index (χ1n) is 14.8. The lowest BCUT2D eigenvalue weighted by Crippen LogP contribution is -2.51. The maximum Gasteiger partial charge on any atom is 0.309 e. The molecule has 8 nitrogen and oxygen atoms in total. The Balaban J connectivity index is 1.30. The summed E-state index contributed by atoms with van der Waals surface area (Å²) < 4.78 is 26.4. The minimum atomic E-state index is -0.829. The zero-order valence-electron chi connectivity index (χ0n) is 23.9. The number of benzene rings is 1. The summed E-state index contributed by atoms with van der Waals surface area (Å²) in [7, 11) is 1.49. The molecule has 4 aliphatic rings. The molecule has 0 saturated heterocycles. The molecule has 1 aromatic rings. The van der Waals surface area contributed by atoms with Crippen molar-refractivity contribution in [3.05, 3.63) is 29.1 Å². The predicted octanol–water partition coefficient (Wildman–Crippen LogP) is 4.84. The fraction of sp³-hybridized carbons (Fsp3) is 0.710. The van der Waals surface area contributed by atoms with E-state index in [1.807, 2.05) is 0 Å². The van der Waals surface area contributed by atoms with Crippen molar-refractivity contribution in [1.29, 1.82) is 0 Å². The van der Waals surface area contributed by atoms with E-state index in [0.29, 0.717) is 37.8 Å². The van der Waals surface area contributed by atoms with Gasteiger partial charge in [0.2, 0.25) is 5.91 Å². The van der Waals surface area contributed by atoms with Crippen molar-refractivity contribution in [3.63, 3.8) is 0 Å². The molecular weight excluding hydrogens is 515 g/mol. The van der Waals surface area contributed by atoms with Crippen LogP contribution in [0.2, 0.25) is 0 Å². The number of hydrogen-bond donors (Lipinski definition) is 3. The lowest BCUT2D eigenvalue weighted by Gasteiger charge is -2.39. The van der Waals surface area contributed by atoms with Gasteiger partial charge in [0.15, 0.2) is 11.6 Å². The van der Waals surface area contributed by atoms with E-state index in [9.17, 15) is 19.5 Å². The second-order valence-electron chi connectivity index (χ2n) is 13.3. The molecule has 5 rings (SSSR count). The van der Waals surface area contributed by atoms with E-state index in [-0.39, 0.29) is 65.0 Å². The molecule has 0 heterocycles. The van der Waals surface area contributed by atoms with Crippen LogP contribution >= 0.6 is 0 Å². The normalized spacial score (nSPS) is 32.2. The third kappa shape index (κ3) is 5.71. The van der Waals surface area contributed by atoms with Crippen LogP contribution in [0.15, 0.2) is 12.1 Å². The van der Waals surface area contributed by atoms with Crippen molar-refractivity contribution in [2.45, 2.75) is 96.8 Å². The lowest BCUT2D eigenvalue weighted by atomic mass is 9.70. The molecule has 4 aliphatic carbocycles. The Morgan fingerprint density at radius 1 is 1.05 bits per heavy atom. The molecule has 0 radical (unpaired) electrons. The number of hydrogen-bond acceptors (Lipinski definition) is 5. The Morgan fingerprint density at radius 3 is 2.38 bits per heavy atom. The van der Waals surface area contributed by atoms with Crippen LogP contribution in [0.25, 0.3) is 0 Å². The SMILES string of the molecule is COCc1cc(F)c(OC2CCC(C)(C(=O)O)CC2)cc1C(=O)NC1C2CCC(C2)C1C(=O)NCC1(C)CCC1. The molecular formula is C31H43FN2O6. The highest BCUT2D eigenvalue weighted by Gasteiger charge is 2.51. The number of methoxy groups -OCH3 is 1. The van der Waals surface area contributed by atoms with Crippen molar-refractivity contribution in [2.75, 3.05) is 13.7 Å². The van der Waals surface area contributed by atoms with E-state index in [0.717, 1.165) is 32.1 Å². The average Bonchev–Trinajstić information content (AvgIpc) is 3.51. The first kappa shape index (κ1) is 28.8. The monoisotopic (exact) mass is 558 g/mol. The lowest BCUT2D eigenvalue weighted by molar-refractivity contribution is -0.150. The molecule has 0 aliphatic heterocycles. The fourth-order valence-electron chi connectivity index (χ4n) is 7.39. The number of carbonyl (C=O) groups excluding carboxylic acids is 2. The maximum absolute atomic E-state index is 15.1. The van der Waals surface area contributed by atoms with Gasteiger partial charge in [0.05, 0.1) is 24.0 Å². The molecule has 2 bridgehead atoms. The Kier molecular flexibility index (Phi) is 8.15. The van der Waals surface area contributed by atoms with Gasteiger partial charge in [-0.2, -0.15) is 0 Å². The Labute approximate surface area is 235 Å². The number of halogens is 1. The summed E-state index contributed by atoms with van der Waals surface area (Å²) in [6.45, 7) is 4.66. The largest absolute Gasteiger partial charge is 0.487 e. The van der Waals surface area contributed by atoms with Crippen LogP contribution < -0.4 is 15.4 Å². The highest BCUT2D eigenvalue weighted by Crippen LogP contribution is 2.49. The van der Waals surface area contributed by atoms with Crippen LogP contribution in [0.3, 0.4) is 0 Å². The molecule has 4 unspecified atom stereocenters. The highest BCUT2D eigenvalue weighted by molar-refractivity contribution is 5.97.